The van der Waals surface area contributed by atoms with Gasteiger partial charge in [-0.25, -0.2) is 22.0 Å². The lowest BCUT2D eigenvalue weighted by Crippen LogP contribution is -2.27. The van der Waals surface area contributed by atoms with E-state index in [9.17, 15) is 52.7 Å². The summed E-state index contributed by atoms with van der Waals surface area (Å²) >= 11 is 0. The van der Waals surface area contributed by atoms with Crippen molar-refractivity contribution in [2.45, 2.75) is 25.6 Å². The van der Waals surface area contributed by atoms with E-state index in [-0.39, 0.29) is 17.7 Å². The first kappa shape index (κ1) is 32.3. The quantitative estimate of drug-likeness (QED) is 0.170. The number of aryl methyl sites for hydroxylation is 1. The van der Waals surface area contributed by atoms with Crippen molar-refractivity contribution in [3.8, 4) is 33.8 Å². The molecule has 4 aromatic rings. The van der Waals surface area contributed by atoms with Crippen LogP contribution in [0.2, 0.25) is 0 Å². The van der Waals surface area contributed by atoms with Gasteiger partial charge in [0.25, 0.3) is 5.83 Å². The van der Waals surface area contributed by atoms with Crippen LogP contribution < -0.4 is 9.47 Å². The van der Waals surface area contributed by atoms with E-state index < -0.39 is 75.8 Å². The predicted molar refractivity (Wildman–Crippen MR) is 133 cm³/mol. The minimum atomic E-state index is -5.55. The van der Waals surface area contributed by atoms with Gasteiger partial charge in [-0.2, -0.15) is 30.7 Å². The summed E-state index contributed by atoms with van der Waals surface area (Å²) in [6.45, 7) is 1.94. The van der Waals surface area contributed by atoms with Crippen LogP contribution in [-0.4, -0.2) is 6.11 Å². The Labute approximate surface area is 240 Å². The molecule has 0 heterocycles. The number of hydrogen-bond acceptors (Lipinski definition) is 2. The molecule has 14 heteroatoms. The van der Waals surface area contributed by atoms with Crippen LogP contribution in [0.3, 0.4) is 0 Å². The molecule has 0 aromatic heterocycles. The van der Waals surface area contributed by atoms with Gasteiger partial charge in [0.1, 0.15) is 28.8 Å². The Balaban J connectivity index is 1.61. The van der Waals surface area contributed by atoms with E-state index in [1.807, 2.05) is 19.1 Å². The maximum absolute atomic E-state index is 14.9. The molecule has 232 valence electrons. The fraction of sp³-hybridized carbons (Fsp3) is 0.133. The van der Waals surface area contributed by atoms with Crippen molar-refractivity contribution < 1.29 is 62.2 Å². The van der Waals surface area contributed by atoms with Gasteiger partial charge in [-0.15, -0.1) is 0 Å². The third-order valence-electron chi connectivity index (χ3n) is 6.18. The molecule has 44 heavy (non-hydrogen) atoms. The van der Waals surface area contributed by atoms with Crippen LogP contribution in [0.5, 0.6) is 11.5 Å². The fourth-order valence-electron chi connectivity index (χ4n) is 4.04. The van der Waals surface area contributed by atoms with E-state index in [1.165, 1.54) is 12.1 Å². The molecule has 0 aliphatic carbocycles. The lowest BCUT2D eigenvalue weighted by molar-refractivity contribution is -0.190. The Morgan fingerprint density at radius 3 is 1.64 bits per heavy atom. The van der Waals surface area contributed by atoms with Gasteiger partial charge in [0, 0.05) is 17.7 Å². The summed E-state index contributed by atoms with van der Waals surface area (Å²) in [5, 5.41) is 0. The number of benzene rings is 4. The highest BCUT2D eigenvalue weighted by Gasteiger charge is 2.45. The second-order valence-electron chi connectivity index (χ2n) is 9.09. The fourth-order valence-corrected chi connectivity index (χ4v) is 4.04. The van der Waals surface area contributed by atoms with E-state index in [1.54, 1.807) is 12.1 Å². The molecule has 0 fully saturated rings. The van der Waals surface area contributed by atoms with E-state index in [4.69, 9.17) is 0 Å². The molecule has 4 rings (SSSR count). The molecule has 0 bridgehead atoms. The van der Waals surface area contributed by atoms with Crippen molar-refractivity contribution in [2.24, 2.45) is 0 Å². The third-order valence-corrected chi connectivity index (χ3v) is 6.18. The molecule has 0 saturated carbocycles. The van der Waals surface area contributed by atoms with Crippen molar-refractivity contribution in [3.63, 3.8) is 0 Å². The lowest BCUT2D eigenvalue weighted by atomic mass is 9.97. The number of ether oxygens (including phenoxy) is 2. The summed E-state index contributed by atoms with van der Waals surface area (Å²) in [7, 11) is 0. The van der Waals surface area contributed by atoms with Gasteiger partial charge in [0.2, 0.25) is 0 Å². The highest BCUT2D eigenvalue weighted by Crippen LogP contribution is 2.41. The predicted octanol–water partition coefficient (Wildman–Crippen LogP) is 10.5. The number of rotatable bonds is 9. The standard InChI is InChI=1S/C30H16F12O2/c1-2-14-3-5-15(6-4-14)16-7-8-19(20(31)9-16)17-10-21(32)25(22(33)11-17)29(39,40)43-18-12-23(34)26(24(35)13-18)44-30(41,42)27(36)28(37)38/h3-13H,2H2,1H3. The van der Waals surface area contributed by atoms with Crippen molar-refractivity contribution >= 4 is 0 Å². The number of alkyl halides is 4. The van der Waals surface area contributed by atoms with Gasteiger partial charge in [-0.1, -0.05) is 43.3 Å². The van der Waals surface area contributed by atoms with E-state index in [0.717, 1.165) is 18.1 Å². The summed E-state index contributed by atoms with van der Waals surface area (Å²) in [4.78, 5) is 0. The van der Waals surface area contributed by atoms with E-state index >= 15 is 0 Å². The van der Waals surface area contributed by atoms with Crippen molar-refractivity contribution in [2.75, 3.05) is 0 Å². The van der Waals surface area contributed by atoms with Crippen LogP contribution in [0, 0.1) is 29.1 Å². The van der Waals surface area contributed by atoms with Crippen molar-refractivity contribution in [1.29, 1.82) is 0 Å². The first-order valence-corrected chi connectivity index (χ1v) is 12.3. The highest BCUT2D eigenvalue weighted by atomic mass is 19.3. The Morgan fingerprint density at radius 1 is 0.614 bits per heavy atom. The molecule has 0 unspecified atom stereocenters. The normalized spacial score (nSPS) is 11.8. The third kappa shape index (κ3) is 6.63. The zero-order chi connectivity index (χ0) is 32.6. The molecule has 0 N–H and O–H groups in total. The number of hydrogen-bond donors (Lipinski definition) is 0. The van der Waals surface area contributed by atoms with Crippen LogP contribution in [0.15, 0.2) is 78.6 Å². The average molecular weight is 636 g/mol. The first-order valence-electron chi connectivity index (χ1n) is 12.3. The Hall–Kier alpha value is -4.62. The number of halogens is 12. The lowest BCUT2D eigenvalue weighted by Gasteiger charge is -2.21. The molecule has 4 aromatic carbocycles. The summed E-state index contributed by atoms with van der Waals surface area (Å²) < 4.78 is 174. The molecular weight excluding hydrogens is 620 g/mol. The zero-order valence-electron chi connectivity index (χ0n) is 21.9. The van der Waals surface area contributed by atoms with Crippen LogP contribution >= 0.6 is 0 Å². The van der Waals surface area contributed by atoms with Gasteiger partial charge in [0.15, 0.2) is 17.4 Å². The van der Waals surface area contributed by atoms with Crippen LogP contribution in [0.25, 0.3) is 22.3 Å². The first-order chi connectivity index (χ1) is 20.5. The second kappa shape index (κ2) is 12.2. The monoisotopic (exact) mass is 636 g/mol. The molecule has 0 aliphatic heterocycles. The van der Waals surface area contributed by atoms with Gasteiger partial charge in [0.05, 0.1) is 0 Å². The van der Waals surface area contributed by atoms with Gasteiger partial charge in [-0.3, -0.25) is 0 Å². The summed E-state index contributed by atoms with van der Waals surface area (Å²) in [5.74, 6) is -16.5. The SMILES string of the molecule is CCc1ccc(-c2ccc(-c3cc(F)c(C(F)(F)Oc4cc(F)c(OC(F)(F)C(F)=C(F)F)c(F)c4)c(F)c3)c(F)c2)cc1. The minimum Gasteiger partial charge on any atom is -0.429 e. The van der Waals surface area contributed by atoms with E-state index in [2.05, 4.69) is 9.47 Å². The molecule has 0 aliphatic rings. The molecular formula is C30H16F12O2. The summed E-state index contributed by atoms with van der Waals surface area (Å²) in [5.41, 5.74) is -0.829. The largest absolute Gasteiger partial charge is 0.459 e. The maximum atomic E-state index is 14.9. The molecule has 0 saturated heterocycles. The molecule has 0 radical (unpaired) electrons. The van der Waals surface area contributed by atoms with Crippen molar-refractivity contribution in [1.82, 2.24) is 0 Å². The average Bonchev–Trinajstić information content (AvgIpc) is 2.93. The zero-order valence-corrected chi connectivity index (χ0v) is 21.9. The molecule has 2 nitrogen and oxygen atoms in total. The smallest absolute Gasteiger partial charge is 0.429 e. The van der Waals surface area contributed by atoms with E-state index in [0.29, 0.717) is 23.3 Å². The molecule has 0 amide bonds. The van der Waals surface area contributed by atoms with Crippen LogP contribution in [0.4, 0.5) is 52.7 Å². The summed E-state index contributed by atoms with van der Waals surface area (Å²) in [6, 6.07) is 11.1. The van der Waals surface area contributed by atoms with Gasteiger partial charge >= 0.3 is 18.3 Å². The molecule has 0 spiro atoms. The Bertz CT molecular complexity index is 1680. The van der Waals surface area contributed by atoms with Gasteiger partial charge in [-0.05, 0) is 46.9 Å². The summed E-state index contributed by atoms with van der Waals surface area (Å²) in [6.07, 6.45) is -13.4. The Kier molecular flexibility index (Phi) is 8.93. The second-order valence-corrected chi connectivity index (χ2v) is 9.09. The maximum Gasteiger partial charge on any atom is 0.459 e. The topological polar surface area (TPSA) is 18.5 Å². The van der Waals surface area contributed by atoms with Crippen LogP contribution in [-0.2, 0) is 12.5 Å². The van der Waals surface area contributed by atoms with Gasteiger partial charge < -0.3 is 9.47 Å². The molecule has 0 atom stereocenters. The Morgan fingerprint density at radius 2 is 1.14 bits per heavy atom. The van der Waals surface area contributed by atoms with Crippen LogP contribution in [0.1, 0.15) is 18.1 Å². The minimum absolute atomic E-state index is 0.216. The highest BCUT2D eigenvalue weighted by molar-refractivity contribution is 5.71. The van der Waals surface area contributed by atoms with Crippen molar-refractivity contribution in [3.05, 3.63) is 119 Å².